The molecule has 1 aliphatic rings. The minimum absolute atomic E-state index is 0.171. The van der Waals surface area contributed by atoms with Crippen molar-refractivity contribution in [1.29, 1.82) is 0 Å². The van der Waals surface area contributed by atoms with Gasteiger partial charge < -0.3 is 14.8 Å². The fraction of sp³-hybridized carbons (Fsp3) is 0.148. The van der Waals surface area contributed by atoms with Gasteiger partial charge in [0.05, 0.1) is 17.2 Å². The van der Waals surface area contributed by atoms with Gasteiger partial charge in [-0.15, -0.1) is 0 Å². The largest absolute Gasteiger partial charge is 0.494 e. The first-order valence-corrected chi connectivity index (χ1v) is 12.7. The van der Waals surface area contributed by atoms with Gasteiger partial charge in [-0.25, -0.2) is 0 Å². The number of rotatable bonds is 8. The number of anilines is 2. The van der Waals surface area contributed by atoms with Crippen molar-refractivity contribution in [2.75, 3.05) is 23.4 Å². The van der Waals surface area contributed by atoms with Crippen molar-refractivity contribution in [1.82, 2.24) is 0 Å². The molecule has 9 heteroatoms. The highest BCUT2D eigenvalue weighted by Gasteiger charge is 2.33. The Balaban J connectivity index is 1.41. The van der Waals surface area contributed by atoms with Gasteiger partial charge in [0.2, 0.25) is 0 Å². The Kier molecular flexibility index (Phi) is 8.30. The van der Waals surface area contributed by atoms with E-state index >= 15 is 0 Å². The number of ether oxygens (including phenoxy) is 2. The first-order chi connectivity index (χ1) is 17.3. The van der Waals surface area contributed by atoms with Crippen LogP contribution in [0.2, 0.25) is 5.02 Å². The van der Waals surface area contributed by atoms with Gasteiger partial charge in [0.15, 0.2) is 10.9 Å². The van der Waals surface area contributed by atoms with E-state index in [1.54, 1.807) is 36.4 Å². The fourth-order valence-electron chi connectivity index (χ4n) is 3.46. The Morgan fingerprint density at radius 1 is 1.08 bits per heavy atom. The van der Waals surface area contributed by atoms with Crippen LogP contribution in [0, 0.1) is 6.92 Å². The average molecular weight is 539 g/mol. The Bertz CT molecular complexity index is 1340. The van der Waals surface area contributed by atoms with Gasteiger partial charge in [-0.1, -0.05) is 53.8 Å². The summed E-state index contributed by atoms with van der Waals surface area (Å²) in [6.45, 7) is 4.19. The molecule has 0 saturated carbocycles. The second kappa shape index (κ2) is 11.6. The van der Waals surface area contributed by atoms with E-state index in [0.29, 0.717) is 38.0 Å². The van der Waals surface area contributed by atoms with Crippen molar-refractivity contribution in [2.24, 2.45) is 0 Å². The number of hydrogen-bond donors (Lipinski definition) is 1. The molecule has 3 aromatic carbocycles. The predicted molar refractivity (Wildman–Crippen MR) is 150 cm³/mol. The second-order valence-electron chi connectivity index (χ2n) is 7.81. The molecular weight excluding hydrogens is 516 g/mol. The number of nitrogens with zero attached hydrogens (tertiary/aromatic N) is 1. The zero-order valence-corrected chi connectivity index (χ0v) is 22.0. The maximum atomic E-state index is 13.1. The van der Waals surface area contributed by atoms with Crippen LogP contribution < -0.4 is 19.7 Å². The lowest BCUT2D eigenvalue weighted by Gasteiger charge is -2.15. The van der Waals surface area contributed by atoms with E-state index in [2.05, 4.69) is 5.32 Å². The molecule has 4 rings (SSSR count). The summed E-state index contributed by atoms with van der Waals surface area (Å²) in [5.74, 6) is 0.734. The molecule has 0 bridgehead atoms. The van der Waals surface area contributed by atoms with Gasteiger partial charge in [-0.05, 0) is 79.6 Å². The molecule has 36 heavy (non-hydrogen) atoms. The van der Waals surface area contributed by atoms with E-state index < -0.39 is 0 Å². The van der Waals surface area contributed by atoms with Crippen molar-refractivity contribution in [2.45, 2.75) is 13.8 Å². The summed E-state index contributed by atoms with van der Waals surface area (Å²) in [6.07, 6.45) is 1.76. The summed E-state index contributed by atoms with van der Waals surface area (Å²) in [4.78, 5) is 27.4. The Hall–Kier alpha value is -3.33. The van der Waals surface area contributed by atoms with Crippen LogP contribution in [0.15, 0.2) is 71.6 Å². The molecule has 1 saturated heterocycles. The minimum atomic E-state index is -0.304. The number of hydrogen-bond acceptors (Lipinski definition) is 6. The topological polar surface area (TPSA) is 67.9 Å². The van der Waals surface area contributed by atoms with Crippen LogP contribution in [-0.2, 0) is 9.59 Å². The van der Waals surface area contributed by atoms with Crippen molar-refractivity contribution in [3.63, 3.8) is 0 Å². The first kappa shape index (κ1) is 25.8. The Labute approximate surface area is 224 Å². The average Bonchev–Trinajstić information content (AvgIpc) is 3.13. The lowest BCUT2D eigenvalue weighted by atomic mass is 10.2. The summed E-state index contributed by atoms with van der Waals surface area (Å²) in [7, 11) is 0. The number of halogens is 1. The number of benzene rings is 3. The van der Waals surface area contributed by atoms with E-state index in [4.69, 9.17) is 33.3 Å². The highest BCUT2D eigenvalue weighted by molar-refractivity contribution is 8.27. The van der Waals surface area contributed by atoms with Crippen molar-refractivity contribution in [3.05, 3.63) is 87.8 Å². The normalized spacial score (nSPS) is 14.3. The van der Waals surface area contributed by atoms with Crippen LogP contribution in [0.5, 0.6) is 11.5 Å². The molecule has 1 N–H and O–H groups in total. The summed E-state index contributed by atoms with van der Waals surface area (Å²) >= 11 is 12.7. The number of thioether (sulfide) groups is 1. The maximum Gasteiger partial charge on any atom is 0.270 e. The Morgan fingerprint density at radius 3 is 2.61 bits per heavy atom. The third-order valence-electron chi connectivity index (χ3n) is 5.20. The minimum Gasteiger partial charge on any atom is -0.494 e. The molecular formula is C27H23ClN2O4S2. The highest BCUT2D eigenvalue weighted by Crippen LogP contribution is 2.36. The third kappa shape index (κ3) is 6.26. The third-order valence-corrected chi connectivity index (χ3v) is 6.74. The van der Waals surface area contributed by atoms with E-state index in [1.807, 2.05) is 50.2 Å². The summed E-state index contributed by atoms with van der Waals surface area (Å²) < 4.78 is 11.6. The number of nitrogens with one attached hydrogen (secondary N) is 1. The Morgan fingerprint density at radius 2 is 1.86 bits per heavy atom. The molecule has 0 aromatic heterocycles. The molecule has 0 aliphatic carbocycles. The van der Waals surface area contributed by atoms with Gasteiger partial charge >= 0.3 is 0 Å². The first-order valence-electron chi connectivity index (χ1n) is 11.1. The lowest BCUT2D eigenvalue weighted by molar-refractivity contribution is -0.118. The smallest absolute Gasteiger partial charge is 0.270 e. The van der Waals surface area contributed by atoms with Gasteiger partial charge in [-0.2, -0.15) is 0 Å². The predicted octanol–water partition coefficient (Wildman–Crippen LogP) is 6.47. The number of thiocarbonyl (C=S) groups is 1. The molecule has 3 aromatic rings. The van der Waals surface area contributed by atoms with Crippen LogP contribution in [0.3, 0.4) is 0 Å². The van der Waals surface area contributed by atoms with Crippen LogP contribution in [0.4, 0.5) is 11.4 Å². The number of aryl methyl sites for hydroxylation is 1. The van der Waals surface area contributed by atoms with Crippen molar-refractivity contribution >= 4 is 69.2 Å². The molecule has 2 amide bonds. The number of carbonyl (C=O) groups excluding carboxylic acids is 2. The quantitative estimate of drug-likeness (QED) is 0.262. The monoisotopic (exact) mass is 538 g/mol. The second-order valence-corrected chi connectivity index (χ2v) is 9.92. The highest BCUT2D eigenvalue weighted by atomic mass is 35.5. The van der Waals surface area contributed by atoms with Gasteiger partial charge in [0.25, 0.3) is 11.8 Å². The summed E-state index contributed by atoms with van der Waals surface area (Å²) in [5.41, 5.74) is 2.98. The van der Waals surface area contributed by atoms with E-state index in [0.717, 1.165) is 16.9 Å². The zero-order valence-electron chi connectivity index (χ0n) is 19.6. The van der Waals surface area contributed by atoms with Crippen molar-refractivity contribution < 1.29 is 19.1 Å². The van der Waals surface area contributed by atoms with Gasteiger partial charge in [0.1, 0.15) is 11.5 Å². The molecule has 184 valence electrons. The van der Waals surface area contributed by atoms with E-state index in [-0.39, 0.29) is 18.4 Å². The van der Waals surface area contributed by atoms with Gasteiger partial charge in [0, 0.05) is 10.7 Å². The SMILES string of the molecule is CCOc1ccc(N2C(=O)/C(=C/c3cccc(OCC(=O)Nc4cc(Cl)ccc4C)c3)SC2=S)cc1. The summed E-state index contributed by atoms with van der Waals surface area (Å²) in [6, 6.07) is 19.7. The van der Waals surface area contributed by atoms with Gasteiger partial charge in [-0.3, -0.25) is 14.5 Å². The van der Waals surface area contributed by atoms with E-state index in [1.165, 1.54) is 16.7 Å². The van der Waals surface area contributed by atoms with Crippen molar-refractivity contribution in [3.8, 4) is 11.5 Å². The summed E-state index contributed by atoms with van der Waals surface area (Å²) in [5, 5.41) is 3.34. The lowest BCUT2D eigenvalue weighted by Crippen LogP contribution is -2.27. The van der Waals surface area contributed by atoms with Crippen LogP contribution in [0.25, 0.3) is 6.08 Å². The van der Waals surface area contributed by atoms with E-state index in [9.17, 15) is 9.59 Å². The van der Waals surface area contributed by atoms with Crippen LogP contribution >= 0.6 is 35.6 Å². The zero-order chi connectivity index (χ0) is 25.7. The molecule has 0 atom stereocenters. The molecule has 1 heterocycles. The molecule has 6 nitrogen and oxygen atoms in total. The maximum absolute atomic E-state index is 13.1. The molecule has 1 aliphatic heterocycles. The fourth-order valence-corrected chi connectivity index (χ4v) is 4.93. The number of carbonyl (C=O) groups is 2. The van der Waals surface area contributed by atoms with Crippen LogP contribution in [-0.4, -0.2) is 29.3 Å². The molecule has 1 fully saturated rings. The molecule has 0 radical (unpaired) electrons. The molecule has 0 unspecified atom stereocenters. The molecule has 0 spiro atoms. The standard InChI is InChI=1S/C27H23ClN2O4S2/c1-3-33-21-11-9-20(10-12-21)30-26(32)24(36-27(30)35)14-18-5-4-6-22(13-18)34-16-25(31)29-23-15-19(28)8-7-17(23)2/h4-15H,3,16H2,1-2H3,(H,29,31)/b24-14-. The number of amides is 2. The van der Waals surface area contributed by atoms with Crippen LogP contribution in [0.1, 0.15) is 18.1 Å².